The molecule has 0 bridgehead atoms. The summed E-state index contributed by atoms with van der Waals surface area (Å²) in [6, 6.07) is 7.75. The Kier molecular flexibility index (Phi) is 3.38. The molecule has 6 heteroatoms. The number of rotatable bonds is 5. The van der Waals surface area contributed by atoms with Gasteiger partial charge < -0.3 is 0 Å². The lowest BCUT2D eigenvalue weighted by molar-refractivity contribution is 0.580. The molecule has 0 saturated heterocycles. The van der Waals surface area contributed by atoms with Crippen LogP contribution >= 0.6 is 11.3 Å². The molecule has 1 N–H and O–H groups in total. The fraction of sp³-hybridized carbons (Fsp3) is 0.308. The Hall–Kier alpha value is -1.24. The van der Waals surface area contributed by atoms with Gasteiger partial charge in [0.05, 0.1) is 15.8 Å². The van der Waals surface area contributed by atoms with Crippen molar-refractivity contribution in [3.8, 4) is 10.6 Å². The number of nitrogens with zero attached hydrogens (tertiary/aromatic N) is 1. The molecule has 1 fully saturated rings. The highest BCUT2D eigenvalue weighted by Crippen LogP contribution is 2.28. The van der Waals surface area contributed by atoms with Crippen LogP contribution < -0.4 is 4.72 Å². The van der Waals surface area contributed by atoms with Crippen molar-refractivity contribution in [1.29, 1.82) is 0 Å². The lowest BCUT2D eigenvalue weighted by atomic mass is 10.2. The Bertz CT molecular complexity index is 662. The molecule has 0 aliphatic heterocycles. The molecule has 1 saturated carbocycles. The number of thiophene rings is 1. The van der Waals surface area contributed by atoms with Crippen LogP contribution in [0.4, 0.5) is 0 Å². The largest absolute Gasteiger partial charge is 0.255 e. The van der Waals surface area contributed by atoms with Crippen LogP contribution in [0.2, 0.25) is 0 Å². The van der Waals surface area contributed by atoms with Crippen molar-refractivity contribution in [2.24, 2.45) is 0 Å². The van der Waals surface area contributed by atoms with Crippen LogP contribution in [0.1, 0.15) is 18.4 Å². The number of aromatic nitrogens is 1. The summed E-state index contributed by atoms with van der Waals surface area (Å²) in [5.74, 6) is 0. The lowest BCUT2D eigenvalue weighted by Crippen LogP contribution is -2.26. The highest BCUT2D eigenvalue weighted by Gasteiger charge is 2.35. The average molecular weight is 294 g/mol. The normalized spacial score (nSPS) is 15.6. The first-order valence-corrected chi connectivity index (χ1v) is 8.55. The molecule has 100 valence electrons. The number of sulfonamides is 1. The molecule has 2 heterocycles. The molecule has 2 aromatic rings. The van der Waals surface area contributed by atoms with Gasteiger partial charge in [0.2, 0.25) is 10.0 Å². The molecule has 0 unspecified atom stereocenters. The number of hydrogen-bond donors (Lipinski definition) is 1. The van der Waals surface area contributed by atoms with Gasteiger partial charge in [-0.3, -0.25) is 4.98 Å². The predicted molar refractivity (Wildman–Crippen MR) is 76.3 cm³/mol. The monoisotopic (exact) mass is 294 g/mol. The van der Waals surface area contributed by atoms with Crippen molar-refractivity contribution in [3.63, 3.8) is 0 Å². The molecule has 0 atom stereocenters. The van der Waals surface area contributed by atoms with Crippen LogP contribution in [-0.4, -0.2) is 18.7 Å². The molecule has 2 aromatic heterocycles. The number of hydrogen-bond acceptors (Lipinski definition) is 4. The predicted octanol–water partition coefficient (Wildman–Crippen LogP) is 2.39. The molecule has 0 spiro atoms. The molecule has 3 rings (SSSR count). The van der Waals surface area contributed by atoms with Gasteiger partial charge in [-0.15, -0.1) is 11.3 Å². The van der Waals surface area contributed by atoms with E-state index in [1.54, 1.807) is 17.5 Å². The van der Waals surface area contributed by atoms with Crippen LogP contribution in [0.25, 0.3) is 10.6 Å². The van der Waals surface area contributed by atoms with Gasteiger partial charge in [-0.05, 0) is 42.0 Å². The van der Waals surface area contributed by atoms with E-state index < -0.39 is 10.0 Å². The van der Waals surface area contributed by atoms with Gasteiger partial charge in [0, 0.05) is 12.7 Å². The maximum absolute atomic E-state index is 11.8. The third kappa shape index (κ3) is 3.02. The van der Waals surface area contributed by atoms with Crippen molar-refractivity contribution in [1.82, 2.24) is 9.71 Å². The number of nitrogens with one attached hydrogen (secondary N) is 1. The quantitative estimate of drug-likeness (QED) is 0.921. The topological polar surface area (TPSA) is 59.1 Å². The van der Waals surface area contributed by atoms with Gasteiger partial charge in [0.1, 0.15) is 0 Å². The van der Waals surface area contributed by atoms with E-state index in [-0.39, 0.29) is 5.25 Å². The van der Waals surface area contributed by atoms with Crippen LogP contribution in [0.15, 0.2) is 35.8 Å². The van der Waals surface area contributed by atoms with Crippen LogP contribution in [0.5, 0.6) is 0 Å². The second-order valence-electron chi connectivity index (χ2n) is 4.59. The van der Waals surface area contributed by atoms with Crippen molar-refractivity contribution in [2.45, 2.75) is 24.6 Å². The first-order valence-electron chi connectivity index (χ1n) is 6.12. The van der Waals surface area contributed by atoms with Crippen molar-refractivity contribution < 1.29 is 8.42 Å². The average Bonchev–Trinajstić information content (AvgIpc) is 3.14. The Morgan fingerprint density at radius 2 is 2.21 bits per heavy atom. The zero-order chi connectivity index (χ0) is 13.3. The zero-order valence-corrected chi connectivity index (χ0v) is 11.9. The molecule has 0 aromatic carbocycles. The Morgan fingerprint density at radius 3 is 2.89 bits per heavy atom. The van der Waals surface area contributed by atoms with Gasteiger partial charge in [0.25, 0.3) is 0 Å². The van der Waals surface area contributed by atoms with E-state index in [9.17, 15) is 8.42 Å². The van der Waals surface area contributed by atoms with Crippen molar-refractivity contribution in [3.05, 3.63) is 41.4 Å². The minimum Gasteiger partial charge on any atom is -0.255 e. The van der Waals surface area contributed by atoms with E-state index in [4.69, 9.17) is 0 Å². The van der Waals surface area contributed by atoms with Gasteiger partial charge in [-0.2, -0.15) is 0 Å². The highest BCUT2D eigenvalue weighted by molar-refractivity contribution is 7.90. The van der Waals surface area contributed by atoms with E-state index in [2.05, 4.69) is 9.71 Å². The lowest BCUT2D eigenvalue weighted by Gasteiger charge is -2.06. The minimum absolute atomic E-state index is 0.175. The summed E-state index contributed by atoms with van der Waals surface area (Å²) < 4.78 is 26.2. The van der Waals surface area contributed by atoms with Crippen LogP contribution in [-0.2, 0) is 16.6 Å². The molecular formula is C13H14N2O2S2. The maximum Gasteiger partial charge on any atom is 0.214 e. The zero-order valence-electron chi connectivity index (χ0n) is 10.2. The van der Waals surface area contributed by atoms with Crippen molar-refractivity contribution in [2.75, 3.05) is 0 Å². The maximum atomic E-state index is 11.8. The third-order valence-electron chi connectivity index (χ3n) is 3.04. The van der Waals surface area contributed by atoms with Crippen molar-refractivity contribution >= 4 is 21.4 Å². The molecule has 0 amide bonds. The third-order valence-corrected chi connectivity index (χ3v) is 5.83. The first-order chi connectivity index (χ1) is 9.15. The second-order valence-corrected chi connectivity index (χ2v) is 7.59. The Morgan fingerprint density at radius 1 is 1.37 bits per heavy atom. The molecule has 1 aliphatic carbocycles. The molecular weight excluding hydrogens is 280 g/mol. The van der Waals surface area contributed by atoms with Crippen LogP contribution in [0, 0.1) is 0 Å². The Balaban J connectivity index is 1.73. The summed E-state index contributed by atoms with van der Waals surface area (Å²) in [4.78, 5) is 5.40. The number of pyridine rings is 1. The summed E-state index contributed by atoms with van der Waals surface area (Å²) in [5, 5.41) is 1.82. The minimum atomic E-state index is -3.12. The highest BCUT2D eigenvalue weighted by atomic mass is 32.2. The smallest absolute Gasteiger partial charge is 0.214 e. The van der Waals surface area contributed by atoms with Crippen LogP contribution in [0.3, 0.4) is 0 Å². The summed E-state index contributed by atoms with van der Waals surface area (Å²) >= 11 is 1.62. The first kappa shape index (κ1) is 12.8. The summed E-state index contributed by atoms with van der Waals surface area (Å²) in [6.07, 6.45) is 3.29. The summed E-state index contributed by atoms with van der Waals surface area (Å²) in [5.41, 5.74) is 1.82. The van der Waals surface area contributed by atoms with Gasteiger partial charge >= 0.3 is 0 Å². The van der Waals surface area contributed by atoms with E-state index in [0.717, 1.165) is 29.0 Å². The molecule has 0 radical (unpaired) electrons. The van der Waals surface area contributed by atoms with E-state index >= 15 is 0 Å². The van der Waals surface area contributed by atoms with E-state index in [1.807, 2.05) is 29.6 Å². The molecule has 19 heavy (non-hydrogen) atoms. The second kappa shape index (κ2) is 5.03. The summed E-state index contributed by atoms with van der Waals surface area (Å²) in [7, 11) is -3.12. The van der Waals surface area contributed by atoms with E-state index in [1.165, 1.54) is 0 Å². The molecule has 1 aliphatic rings. The fourth-order valence-electron chi connectivity index (χ4n) is 1.82. The molecule has 4 nitrogen and oxygen atoms in total. The van der Waals surface area contributed by atoms with Gasteiger partial charge in [0.15, 0.2) is 0 Å². The Labute approximate surface area is 116 Å². The van der Waals surface area contributed by atoms with E-state index in [0.29, 0.717) is 6.54 Å². The SMILES string of the molecule is O=S(=O)(NCc1ccnc(-c2cccs2)c1)C1CC1. The standard InChI is InChI=1S/C13H14N2O2S2/c16-19(17,11-3-4-11)15-9-10-5-6-14-12(8-10)13-2-1-7-18-13/h1-2,5-8,11,15H,3-4,9H2. The summed E-state index contributed by atoms with van der Waals surface area (Å²) in [6.45, 7) is 0.333. The van der Waals surface area contributed by atoms with Gasteiger partial charge in [-0.25, -0.2) is 13.1 Å². The fourth-order valence-corrected chi connectivity index (χ4v) is 3.88. The van der Waals surface area contributed by atoms with Gasteiger partial charge in [-0.1, -0.05) is 6.07 Å².